The SMILES string of the molecule is Clc1ccc(Cl)c(C2=NN(c3ccccc3)[C@]3(SC(c4ccccc4)=NN3c3ccccc3)c3ccccc32)c1. The van der Waals surface area contributed by atoms with Crippen LogP contribution in [0.15, 0.2) is 144 Å². The molecule has 0 aliphatic carbocycles. The van der Waals surface area contributed by atoms with Gasteiger partial charge < -0.3 is 0 Å². The zero-order valence-electron chi connectivity index (χ0n) is 21.2. The average molecular weight is 578 g/mol. The lowest BCUT2D eigenvalue weighted by Crippen LogP contribution is -2.54. The number of hydrazone groups is 2. The molecule has 0 aromatic heterocycles. The van der Waals surface area contributed by atoms with Gasteiger partial charge in [-0.1, -0.05) is 114 Å². The molecule has 7 heteroatoms. The normalized spacial score (nSPS) is 17.9. The fraction of sp³-hybridized carbons (Fsp3) is 0.0303. The van der Waals surface area contributed by atoms with Crippen LogP contribution in [0.25, 0.3) is 0 Å². The van der Waals surface area contributed by atoms with Gasteiger partial charge in [0.2, 0.25) is 4.99 Å². The zero-order valence-corrected chi connectivity index (χ0v) is 23.5. The first-order valence-corrected chi connectivity index (χ1v) is 14.4. The Bertz CT molecular complexity index is 1760. The van der Waals surface area contributed by atoms with Crippen LogP contribution in [-0.4, -0.2) is 10.8 Å². The van der Waals surface area contributed by atoms with Gasteiger partial charge in [0.05, 0.1) is 16.4 Å². The maximum Gasteiger partial charge on any atom is 0.234 e. The van der Waals surface area contributed by atoms with Crippen LogP contribution < -0.4 is 10.0 Å². The first kappa shape index (κ1) is 25.0. The van der Waals surface area contributed by atoms with Gasteiger partial charge in [0.1, 0.15) is 10.8 Å². The lowest BCUT2D eigenvalue weighted by atomic mass is 9.93. The summed E-state index contributed by atoms with van der Waals surface area (Å²) in [5, 5.41) is 16.9. The zero-order chi connectivity index (χ0) is 27.1. The highest BCUT2D eigenvalue weighted by atomic mass is 35.5. The van der Waals surface area contributed by atoms with Crippen molar-refractivity contribution in [3.63, 3.8) is 0 Å². The van der Waals surface area contributed by atoms with Gasteiger partial charge >= 0.3 is 0 Å². The van der Waals surface area contributed by atoms with Crippen LogP contribution in [0.5, 0.6) is 0 Å². The van der Waals surface area contributed by atoms with E-state index < -0.39 is 4.99 Å². The Morgan fingerprint density at radius 3 is 1.82 bits per heavy atom. The van der Waals surface area contributed by atoms with Gasteiger partial charge in [-0.2, -0.15) is 10.2 Å². The number of hydrogen-bond donors (Lipinski definition) is 0. The Morgan fingerprint density at radius 1 is 0.575 bits per heavy atom. The van der Waals surface area contributed by atoms with Gasteiger partial charge in [-0.25, -0.2) is 10.0 Å². The Balaban J connectivity index is 1.54. The Hall–Kier alpha value is -4.03. The molecule has 0 amide bonds. The molecular formula is C33H22Cl2N4S. The summed E-state index contributed by atoms with van der Waals surface area (Å²) in [6.07, 6.45) is 0. The lowest BCUT2D eigenvalue weighted by molar-refractivity contribution is 0.550. The maximum atomic E-state index is 6.77. The molecule has 7 rings (SSSR count). The quantitative estimate of drug-likeness (QED) is 0.214. The number of hydrogen-bond acceptors (Lipinski definition) is 5. The summed E-state index contributed by atoms with van der Waals surface area (Å²) in [6.45, 7) is 0. The van der Waals surface area contributed by atoms with Crippen molar-refractivity contribution in [2.75, 3.05) is 10.0 Å². The van der Waals surface area contributed by atoms with Gasteiger partial charge in [-0.05, 0) is 54.2 Å². The molecule has 0 radical (unpaired) electrons. The number of anilines is 2. The molecular weight excluding hydrogens is 555 g/mol. The molecule has 0 fully saturated rings. The van der Waals surface area contributed by atoms with Gasteiger partial charge in [-0.15, -0.1) is 0 Å². The maximum absolute atomic E-state index is 6.77. The summed E-state index contributed by atoms with van der Waals surface area (Å²) in [7, 11) is 0. The van der Waals surface area contributed by atoms with Crippen molar-refractivity contribution in [3.05, 3.63) is 166 Å². The first-order chi connectivity index (χ1) is 19.6. The third-order valence-electron chi connectivity index (χ3n) is 6.94. The number of thioether (sulfide) groups is 1. The molecule has 2 aliphatic rings. The average Bonchev–Trinajstić information content (AvgIpc) is 3.41. The Morgan fingerprint density at radius 2 is 1.15 bits per heavy atom. The summed E-state index contributed by atoms with van der Waals surface area (Å²) >= 11 is 14.9. The highest BCUT2D eigenvalue weighted by Gasteiger charge is 2.55. The lowest BCUT2D eigenvalue weighted by Gasteiger charge is -2.47. The molecule has 2 aliphatic heterocycles. The van der Waals surface area contributed by atoms with Crippen molar-refractivity contribution in [1.29, 1.82) is 0 Å². The number of rotatable bonds is 4. The van der Waals surface area contributed by atoms with E-state index in [4.69, 9.17) is 33.4 Å². The van der Waals surface area contributed by atoms with E-state index in [0.29, 0.717) is 10.0 Å². The number of fused-ring (bicyclic) bond motifs is 2. The van der Waals surface area contributed by atoms with Crippen molar-refractivity contribution < 1.29 is 0 Å². The number of benzene rings is 5. The van der Waals surface area contributed by atoms with Crippen LogP contribution in [0.4, 0.5) is 11.4 Å². The van der Waals surface area contributed by atoms with E-state index in [1.54, 1.807) is 17.8 Å². The predicted octanol–water partition coefficient (Wildman–Crippen LogP) is 8.99. The van der Waals surface area contributed by atoms with E-state index in [9.17, 15) is 0 Å². The molecule has 5 aromatic rings. The molecule has 0 unspecified atom stereocenters. The first-order valence-electron chi connectivity index (χ1n) is 12.8. The van der Waals surface area contributed by atoms with Crippen LogP contribution in [-0.2, 0) is 4.99 Å². The number of halogens is 2. The van der Waals surface area contributed by atoms with Crippen LogP contribution in [0, 0.1) is 0 Å². The molecule has 40 heavy (non-hydrogen) atoms. The summed E-state index contributed by atoms with van der Waals surface area (Å²) in [5.74, 6) is 0. The van der Waals surface area contributed by atoms with Crippen molar-refractivity contribution >= 4 is 57.1 Å². The third-order valence-corrected chi connectivity index (χ3v) is 8.87. The standard InChI is InChI=1S/C33H22Cl2N4S/c34-24-20-21-30(35)28(22-24)31-27-18-10-11-19-29(27)33(38(36-31)25-14-6-2-7-15-25)39(26-16-8-3-9-17-26)37-32(40-33)23-12-4-1-5-13-23/h1-22H/t33-/m1/s1. The molecule has 1 atom stereocenters. The number of nitrogens with zero attached hydrogens (tertiary/aromatic N) is 4. The van der Waals surface area contributed by atoms with Crippen LogP contribution in [0.1, 0.15) is 22.3 Å². The molecule has 5 aromatic carbocycles. The number of para-hydroxylation sites is 2. The molecule has 4 nitrogen and oxygen atoms in total. The predicted molar refractivity (Wildman–Crippen MR) is 169 cm³/mol. The molecule has 0 bridgehead atoms. The van der Waals surface area contributed by atoms with Gasteiger partial charge in [0, 0.05) is 27.3 Å². The molecule has 194 valence electrons. The van der Waals surface area contributed by atoms with Gasteiger partial charge in [-0.3, -0.25) is 0 Å². The third kappa shape index (κ3) is 4.09. The summed E-state index contributed by atoms with van der Waals surface area (Å²) in [6, 6.07) is 44.6. The van der Waals surface area contributed by atoms with Gasteiger partial charge in [0.15, 0.2) is 0 Å². The van der Waals surface area contributed by atoms with Crippen LogP contribution >= 0.6 is 35.0 Å². The summed E-state index contributed by atoms with van der Waals surface area (Å²) in [4.78, 5) is -0.862. The van der Waals surface area contributed by atoms with Crippen molar-refractivity contribution in [2.24, 2.45) is 10.2 Å². The molecule has 0 saturated carbocycles. The fourth-order valence-corrected chi connectivity index (χ4v) is 6.93. The molecule has 2 heterocycles. The van der Waals surface area contributed by atoms with E-state index in [0.717, 1.165) is 44.4 Å². The highest BCUT2D eigenvalue weighted by molar-refractivity contribution is 8.15. The van der Waals surface area contributed by atoms with Gasteiger partial charge in [0.25, 0.3) is 0 Å². The van der Waals surface area contributed by atoms with E-state index in [1.165, 1.54) is 0 Å². The topological polar surface area (TPSA) is 31.2 Å². The van der Waals surface area contributed by atoms with E-state index in [-0.39, 0.29) is 0 Å². The van der Waals surface area contributed by atoms with E-state index >= 15 is 0 Å². The fourth-order valence-electron chi connectivity index (χ4n) is 5.15. The smallest absolute Gasteiger partial charge is 0.223 e. The van der Waals surface area contributed by atoms with Crippen molar-refractivity contribution in [1.82, 2.24) is 0 Å². The second kappa shape index (κ2) is 10.2. The van der Waals surface area contributed by atoms with Crippen molar-refractivity contribution in [3.8, 4) is 0 Å². The van der Waals surface area contributed by atoms with Crippen LogP contribution in [0.2, 0.25) is 10.0 Å². The largest absolute Gasteiger partial charge is 0.234 e. The minimum absolute atomic E-state index is 0.585. The monoisotopic (exact) mass is 576 g/mol. The van der Waals surface area contributed by atoms with Crippen molar-refractivity contribution in [2.45, 2.75) is 4.99 Å². The molecule has 1 spiro atoms. The van der Waals surface area contributed by atoms with Crippen LogP contribution in [0.3, 0.4) is 0 Å². The highest BCUT2D eigenvalue weighted by Crippen LogP contribution is 2.55. The summed E-state index contributed by atoms with van der Waals surface area (Å²) < 4.78 is 0. The second-order valence-electron chi connectivity index (χ2n) is 9.39. The molecule has 0 N–H and O–H groups in total. The summed E-state index contributed by atoms with van der Waals surface area (Å²) in [5.41, 5.74) is 6.46. The molecule has 0 saturated heterocycles. The van der Waals surface area contributed by atoms with E-state index in [2.05, 4.69) is 64.6 Å². The Labute approximate surface area is 247 Å². The minimum Gasteiger partial charge on any atom is -0.223 e. The minimum atomic E-state index is -0.862. The Kier molecular flexibility index (Phi) is 6.35. The second-order valence-corrected chi connectivity index (χ2v) is 11.4. The van der Waals surface area contributed by atoms with E-state index in [1.807, 2.05) is 72.8 Å².